The maximum atomic E-state index is 12.6. The van der Waals surface area contributed by atoms with Crippen LogP contribution >= 0.6 is 10.7 Å². The number of H-pyrrole nitrogens is 1. The van der Waals surface area contributed by atoms with Crippen LogP contribution < -0.4 is 5.56 Å². The molecular formula is C7H3ClF2N2O3S. The lowest BCUT2D eigenvalue weighted by molar-refractivity contribution is 0.147. The monoisotopic (exact) mass is 268 g/mol. The minimum atomic E-state index is -4.46. The van der Waals surface area contributed by atoms with Gasteiger partial charge in [0.15, 0.2) is 0 Å². The van der Waals surface area contributed by atoms with Crippen molar-refractivity contribution >= 4 is 19.7 Å². The topological polar surface area (TPSA) is 90.8 Å². The van der Waals surface area contributed by atoms with Gasteiger partial charge in [0.05, 0.1) is 5.56 Å². The molecule has 0 aliphatic heterocycles. The SMILES string of the molecule is N#Cc1c(C(F)F)c(S(=O)(=O)Cl)c[nH]c1=O. The predicted molar refractivity (Wildman–Crippen MR) is 49.8 cm³/mol. The molecule has 1 N–H and O–H groups in total. The van der Waals surface area contributed by atoms with Gasteiger partial charge in [0.25, 0.3) is 21.0 Å². The molecule has 0 atom stereocenters. The summed E-state index contributed by atoms with van der Waals surface area (Å²) in [7, 11) is 0.440. The summed E-state index contributed by atoms with van der Waals surface area (Å²) in [6.07, 6.45) is -2.76. The molecule has 86 valence electrons. The van der Waals surface area contributed by atoms with Gasteiger partial charge in [-0.05, 0) is 0 Å². The Balaban J connectivity index is 3.81. The van der Waals surface area contributed by atoms with Crippen molar-refractivity contribution in [2.45, 2.75) is 11.3 Å². The molecule has 9 heteroatoms. The van der Waals surface area contributed by atoms with Gasteiger partial charge in [-0.2, -0.15) is 5.26 Å². The second kappa shape index (κ2) is 4.19. The molecule has 0 aliphatic rings. The number of nitriles is 1. The Kier molecular flexibility index (Phi) is 3.30. The molecule has 0 aromatic carbocycles. The molecule has 0 saturated carbocycles. The first kappa shape index (κ1) is 12.6. The lowest BCUT2D eigenvalue weighted by Gasteiger charge is -2.06. The zero-order valence-electron chi connectivity index (χ0n) is 7.37. The molecule has 0 fully saturated rings. The van der Waals surface area contributed by atoms with Crippen molar-refractivity contribution in [2.75, 3.05) is 0 Å². The van der Waals surface area contributed by atoms with E-state index in [1.54, 1.807) is 0 Å². The minimum absolute atomic E-state index is 0.535. The molecule has 1 aromatic rings. The third-order valence-electron chi connectivity index (χ3n) is 1.69. The van der Waals surface area contributed by atoms with Gasteiger partial charge >= 0.3 is 0 Å². The molecule has 0 unspecified atom stereocenters. The van der Waals surface area contributed by atoms with Crippen LogP contribution in [0.1, 0.15) is 17.6 Å². The number of aromatic nitrogens is 1. The molecule has 1 rings (SSSR count). The van der Waals surface area contributed by atoms with E-state index in [0.717, 1.165) is 0 Å². The predicted octanol–water partition coefficient (Wildman–Crippen LogP) is 1.11. The van der Waals surface area contributed by atoms with Gasteiger partial charge in [-0.25, -0.2) is 17.2 Å². The highest BCUT2D eigenvalue weighted by atomic mass is 35.7. The van der Waals surface area contributed by atoms with Gasteiger partial charge in [-0.15, -0.1) is 0 Å². The van der Waals surface area contributed by atoms with Crippen molar-refractivity contribution in [3.63, 3.8) is 0 Å². The summed E-state index contributed by atoms with van der Waals surface area (Å²) in [5, 5.41) is 8.50. The van der Waals surface area contributed by atoms with Crippen molar-refractivity contribution in [3.8, 4) is 6.07 Å². The van der Waals surface area contributed by atoms with E-state index in [1.807, 2.05) is 4.98 Å². The number of nitrogens with zero attached hydrogens (tertiary/aromatic N) is 1. The standard InChI is InChI=1S/C7H3ClF2N2O3S/c8-16(14,15)4-2-12-7(13)3(1-11)5(4)6(9)10/h2,6H,(H,12,13). The Hall–Kier alpha value is -1.46. The van der Waals surface area contributed by atoms with E-state index in [2.05, 4.69) is 0 Å². The van der Waals surface area contributed by atoms with Crippen molar-refractivity contribution in [2.24, 2.45) is 0 Å². The summed E-state index contributed by atoms with van der Waals surface area (Å²) in [5.74, 6) is 0. The van der Waals surface area contributed by atoms with E-state index in [1.165, 1.54) is 6.07 Å². The van der Waals surface area contributed by atoms with Gasteiger partial charge in [0.1, 0.15) is 16.5 Å². The quantitative estimate of drug-likeness (QED) is 0.814. The molecule has 0 aliphatic carbocycles. The van der Waals surface area contributed by atoms with E-state index in [9.17, 15) is 22.0 Å². The molecule has 16 heavy (non-hydrogen) atoms. The van der Waals surface area contributed by atoms with E-state index in [4.69, 9.17) is 15.9 Å². The van der Waals surface area contributed by atoms with Crippen LogP contribution in [-0.4, -0.2) is 13.4 Å². The summed E-state index contributed by atoms with van der Waals surface area (Å²) in [6.45, 7) is 0. The Labute approximate surface area is 92.7 Å². The highest BCUT2D eigenvalue weighted by molar-refractivity contribution is 8.13. The third kappa shape index (κ3) is 2.20. The van der Waals surface area contributed by atoms with Crippen LogP contribution in [0.4, 0.5) is 8.78 Å². The third-order valence-corrected chi connectivity index (χ3v) is 3.05. The van der Waals surface area contributed by atoms with Gasteiger partial charge in [-0.1, -0.05) is 0 Å². The first-order valence-corrected chi connectivity index (χ1v) is 5.98. The van der Waals surface area contributed by atoms with Crippen molar-refractivity contribution in [3.05, 3.63) is 27.7 Å². The fourth-order valence-corrected chi connectivity index (χ4v) is 2.09. The molecular weight excluding hydrogens is 266 g/mol. The molecule has 0 spiro atoms. The number of hydrogen-bond acceptors (Lipinski definition) is 4. The second-order valence-electron chi connectivity index (χ2n) is 2.62. The van der Waals surface area contributed by atoms with Crippen molar-refractivity contribution in [1.29, 1.82) is 5.26 Å². The van der Waals surface area contributed by atoms with Gasteiger partial charge in [-0.3, -0.25) is 4.79 Å². The summed E-state index contributed by atoms with van der Waals surface area (Å²) in [5.41, 5.74) is -3.24. The number of aromatic amines is 1. The summed E-state index contributed by atoms with van der Waals surface area (Å²) >= 11 is 0. The van der Waals surface area contributed by atoms with E-state index in [0.29, 0.717) is 6.20 Å². The summed E-state index contributed by atoms with van der Waals surface area (Å²) in [4.78, 5) is 11.9. The van der Waals surface area contributed by atoms with Crippen LogP contribution in [-0.2, 0) is 9.05 Å². The van der Waals surface area contributed by atoms with Crippen LogP contribution in [0.25, 0.3) is 0 Å². The smallest absolute Gasteiger partial charge is 0.266 e. The first-order chi connectivity index (χ1) is 7.29. The Morgan fingerprint density at radius 3 is 2.44 bits per heavy atom. The van der Waals surface area contributed by atoms with E-state index < -0.39 is 37.1 Å². The number of alkyl halides is 2. The van der Waals surface area contributed by atoms with Gasteiger partial charge in [0.2, 0.25) is 0 Å². The van der Waals surface area contributed by atoms with Crippen LogP contribution in [0.2, 0.25) is 0 Å². The van der Waals surface area contributed by atoms with Crippen LogP contribution in [0.3, 0.4) is 0 Å². The van der Waals surface area contributed by atoms with Crippen molar-refractivity contribution in [1.82, 2.24) is 4.98 Å². The summed E-state index contributed by atoms with van der Waals surface area (Å²) < 4.78 is 47.0. The zero-order valence-corrected chi connectivity index (χ0v) is 8.94. The largest absolute Gasteiger partial charge is 0.327 e. The molecule has 0 bridgehead atoms. The average molecular weight is 269 g/mol. The average Bonchev–Trinajstić information content (AvgIpc) is 2.14. The van der Waals surface area contributed by atoms with E-state index >= 15 is 0 Å². The molecule has 1 heterocycles. The lowest BCUT2D eigenvalue weighted by atomic mass is 10.1. The Bertz CT molecular complexity index is 617. The van der Waals surface area contributed by atoms with Gasteiger partial charge < -0.3 is 4.98 Å². The highest BCUT2D eigenvalue weighted by Gasteiger charge is 2.27. The van der Waals surface area contributed by atoms with Crippen LogP contribution in [0.15, 0.2) is 15.9 Å². The molecule has 5 nitrogen and oxygen atoms in total. The maximum absolute atomic E-state index is 12.6. The number of rotatable bonds is 2. The number of nitrogens with one attached hydrogen (secondary N) is 1. The summed E-state index contributed by atoms with van der Waals surface area (Å²) in [6, 6.07) is 1.21. The fourth-order valence-electron chi connectivity index (χ4n) is 1.06. The highest BCUT2D eigenvalue weighted by Crippen LogP contribution is 2.29. The molecule has 0 radical (unpaired) electrons. The Morgan fingerprint density at radius 1 is 1.50 bits per heavy atom. The maximum Gasteiger partial charge on any atom is 0.266 e. The number of halogens is 3. The minimum Gasteiger partial charge on any atom is -0.327 e. The molecule has 0 amide bonds. The fraction of sp³-hybridized carbons (Fsp3) is 0.143. The van der Waals surface area contributed by atoms with Crippen molar-refractivity contribution < 1.29 is 17.2 Å². The number of hydrogen-bond donors (Lipinski definition) is 1. The first-order valence-electron chi connectivity index (χ1n) is 3.67. The van der Waals surface area contributed by atoms with Crippen LogP contribution in [0, 0.1) is 11.3 Å². The zero-order chi connectivity index (χ0) is 12.5. The van der Waals surface area contributed by atoms with Crippen LogP contribution in [0.5, 0.6) is 0 Å². The normalized spacial score (nSPS) is 11.4. The lowest BCUT2D eigenvalue weighted by Crippen LogP contribution is -2.16. The Morgan fingerprint density at radius 2 is 2.06 bits per heavy atom. The van der Waals surface area contributed by atoms with Gasteiger partial charge in [0, 0.05) is 16.9 Å². The molecule has 1 aromatic heterocycles. The molecule has 0 saturated heterocycles. The second-order valence-corrected chi connectivity index (χ2v) is 5.16. The number of pyridine rings is 1. The van der Waals surface area contributed by atoms with E-state index in [-0.39, 0.29) is 0 Å².